The molecule has 1 aromatic heterocycles. The SMILES string of the molecule is CCC[C@H](C)NS(=O)(=O)c1ccc(-c2cccc(NC(=O)C3(c4ccc5c(c4)OCO5)CC3)n2)cc1. The molecule has 1 aliphatic heterocycles. The molecule has 1 atom stereocenters. The van der Waals surface area contributed by atoms with Crippen LogP contribution in [-0.2, 0) is 20.2 Å². The van der Waals surface area contributed by atoms with Gasteiger partial charge in [0.05, 0.1) is 16.0 Å². The number of anilines is 1. The van der Waals surface area contributed by atoms with Crippen molar-refractivity contribution < 1.29 is 22.7 Å². The quantitative estimate of drug-likeness (QED) is 0.438. The molecule has 1 aliphatic carbocycles. The second-order valence-electron chi connectivity index (χ2n) is 9.35. The Labute approximate surface area is 211 Å². The van der Waals surface area contributed by atoms with E-state index < -0.39 is 15.4 Å². The molecular weight excluding hydrogens is 478 g/mol. The van der Waals surface area contributed by atoms with E-state index in [1.165, 1.54) is 0 Å². The first-order valence-corrected chi connectivity index (χ1v) is 13.6. The molecule has 0 radical (unpaired) electrons. The predicted octanol–water partition coefficient (Wildman–Crippen LogP) is 4.61. The number of amides is 1. The molecule has 8 nitrogen and oxygen atoms in total. The van der Waals surface area contributed by atoms with Crippen LogP contribution in [0.3, 0.4) is 0 Å². The Hall–Kier alpha value is -3.43. The second-order valence-corrected chi connectivity index (χ2v) is 11.1. The Kier molecular flexibility index (Phi) is 6.44. The van der Waals surface area contributed by atoms with Crippen molar-refractivity contribution in [2.75, 3.05) is 12.1 Å². The highest BCUT2D eigenvalue weighted by molar-refractivity contribution is 7.89. The first kappa shape index (κ1) is 24.3. The Bertz CT molecular complexity index is 1380. The Morgan fingerprint density at radius 2 is 1.81 bits per heavy atom. The van der Waals surface area contributed by atoms with Crippen LogP contribution < -0.4 is 19.5 Å². The lowest BCUT2D eigenvalue weighted by Gasteiger charge is -2.16. The summed E-state index contributed by atoms with van der Waals surface area (Å²) < 4.78 is 38.8. The minimum atomic E-state index is -3.59. The van der Waals surface area contributed by atoms with Crippen LogP contribution in [0.1, 0.15) is 45.1 Å². The summed E-state index contributed by atoms with van der Waals surface area (Å²) in [5, 5.41) is 2.96. The van der Waals surface area contributed by atoms with Gasteiger partial charge in [-0.15, -0.1) is 0 Å². The van der Waals surface area contributed by atoms with Gasteiger partial charge in [0.1, 0.15) is 5.82 Å². The van der Waals surface area contributed by atoms with Crippen LogP contribution in [0.5, 0.6) is 11.5 Å². The molecule has 2 aromatic carbocycles. The monoisotopic (exact) mass is 507 g/mol. The fourth-order valence-corrected chi connectivity index (χ4v) is 5.77. The molecule has 0 unspecified atom stereocenters. The largest absolute Gasteiger partial charge is 0.454 e. The zero-order valence-electron chi connectivity index (χ0n) is 20.3. The molecule has 0 saturated heterocycles. The fourth-order valence-electron chi connectivity index (χ4n) is 4.50. The molecule has 3 aromatic rings. The average molecular weight is 508 g/mol. The van der Waals surface area contributed by atoms with Gasteiger partial charge in [-0.3, -0.25) is 4.79 Å². The number of fused-ring (bicyclic) bond motifs is 1. The summed E-state index contributed by atoms with van der Waals surface area (Å²) >= 11 is 0. The number of ether oxygens (including phenoxy) is 2. The number of carbonyl (C=O) groups is 1. The van der Waals surface area contributed by atoms with Crippen molar-refractivity contribution in [2.45, 2.75) is 55.9 Å². The fraction of sp³-hybridized carbons (Fsp3) is 0.333. The van der Waals surface area contributed by atoms with Gasteiger partial charge in [0.2, 0.25) is 22.7 Å². The molecule has 36 heavy (non-hydrogen) atoms. The topological polar surface area (TPSA) is 107 Å². The number of benzene rings is 2. The summed E-state index contributed by atoms with van der Waals surface area (Å²) in [7, 11) is -3.59. The number of nitrogens with zero attached hydrogens (tertiary/aromatic N) is 1. The van der Waals surface area contributed by atoms with Crippen molar-refractivity contribution in [3.8, 4) is 22.8 Å². The van der Waals surface area contributed by atoms with Crippen molar-refractivity contribution in [1.29, 1.82) is 0 Å². The highest BCUT2D eigenvalue weighted by Gasteiger charge is 2.51. The van der Waals surface area contributed by atoms with Crippen molar-refractivity contribution in [3.63, 3.8) is 0 Å². The second kappa shape index (κ2) is 9.55. The molecule has 5 rings (SSSR count). The lowest BCUT2D eigenvalue weighted by atomic mass is 9.94. The smallest absolute Gasteiger partial charge is 0.240 e. The van der Waals surface area contributed by atoms with E-state index in [1.54, 1.807) is 30.3 Å². The third-order valence-electron chi connectivity index (χ3n) is 6.64. The van der Waals surface area contributed by atoms with Gasteiger partial charge in [0.15, 0.2) is 11.5 Å². The zero-order chi connectivity index (χ0) is 25.3. The van der Waals surface area contributed by atoms with Gasteiger partial charge in [0.25, 0.3) is 0 Å². The first-order chi connectivity index (χ1) is 17.3. The van der Waals surface area contributed by atoms with Gasteiger partial charge in [-0.1, -0.05) is 37.6 Å². The standard InChI is InChI=1S/C27H29N3O5S/c1-3-5-18(2)30-36(32,33)21-11-8-19(9-12-21)22-6-4-7-25(28-22)29-26(31)27(14-15-27)20-10-13-23-24(16-20)35-17-34-23/h4,6-13,16,18,30H,3,5,14-15,17H2,1-2H3,(H,28,29,31)/t18-/m0/s1. The molecule has 9 heteroatoms. The minimum Gasteiger partial charge on any atom is -0.454 e. The molecule has 1 saturated carbocycles. The van der Waals surface area contributed by atoms with E-state index in [0.717, 1.165) is 36.8 Å². The summed E-state index contributed by atoms with van der Waals surface area (Å²) in [4.78, 5) is 18.0. The van der Waals surface area contributed by atoms with Crippen LogP contribution in [-0.4, -0.2) is 32.1 Å². The van der Waals surface area contributed by atoms with E-state index in [9.17, 15) is 13.2 Å². The molecule has 0 bridgehead atoms. The van der Waals surface area contributed by atoms with Crippen LogP contribution in [0, 0.1) is 0 Å². The Balaban J connectivity index is 1.30. The van der Waals surface area contributed by atoms with Crippen molar-refractivity contribution in [3.05, 3.63) is 66.2 Å². The number of carbonyl (C=O) groups excluding carboxylic acids is 1. The third kappa shape index (κ3) is 4.81. The van der Waals surface area contributed by atoms with Crippen LogP contribution >= 0.6 is 0 Å². The van der Waals surface area contributed by atoms with Gasteiger partial charge in [-0.05, 0) is 68.1 Å². The van der Waals surface area contributed by atoms with Crippen LogP contribution in [0.2, 0.25) is 0 Å². The summed E-state index contributed by atoms with van der Waals surface area (Å²) in [6.07, 6.45) is 3.17. The van der Waals surface area contributed by atoms with Gasteiger partial charge in [-0.2, -0.15) is 0 Å². The maximum atomic E-state index is 13.2. The van der Waals surface area contributed by atoms with E-state index in [1.807, 2.05) is 44.2 Å². The molecule has 188 valence electrons. The summed E-state index contributed by atoms with van der Waals surface area (Å²) in [6, 6.07) is 17.5. The minimum absolute atomic E-state index is 0.111. The maximum Gasteiger partial charge on any atom is 0.240 e. The number of hydrogen-bond acceptors (Lipinski definition) is 6. The van der Waals surface area contributed by atoms with Crippen LogP contribution in [0.4, 0.5) is 5.82 Å². The van der Waals surface area contributed by atoms with Crippen LogP contribution in [0.15, 0.2) is 65.6 Å². The summed E-state index contributed by atoms with van der Waals surface area (Å²) in [5.41, 5.74) is 1.69. The lowest BCUT2D eigenvalue weighted by Crippen LogP contribution is -2.32. The number of hydrogen-bond donors (Lipinski definition) is 2. The summed E-state index contributed by atoms with van der Waals surface area (Å²) in [5.74, 6) is 1.68. The van der Waals surface area contributed by atoms with E-state index in [4.69, 9.17) is 9.47 Å². The molecule has 0 spiro atoms. The highest BCUT2D eigenvalue weighted by Crippen LogP contribution is 2.51. The summed E-state index contributed by atoms with van der Waals surface area (Å²) in [6.45, 7) is 4.07. The van der Waals surface area contributed by atoms with Crippen molar-refractivity contribution in [2.24, 2.45) is 0 Å². The third-order valence-corrected chi connectivity index (χ3v) is 8.24. The van der Waals surface area contributed by atoms with E-state index >= 15 is 0 Å². The lowest BCUT2D eigenvalue weighted by molar-refractivity contribution is -0.118. The highest BCUT2D eigenvalue weighted by atomic mass is 32.2. The van der Waals surface area contributed by atoms with Gasteiger partial charge < -0.3 is 14.8 Å². The number of aromatic nitrogens is 1. The first-order valence-electron chi connectivity index (χ1n) is 12.1. The Morgan fingerprint density at radius 1 is 1.06 bits per heavy atom. The number of rotatable bonds is 9. The van der Waals surface area contributed by atoms with Gasteiger partial charge in [-0.25, -0.2) is 18.1 Å². The zero-order valence-corrected chi connectivity index (χ0v) is 21.1. The maximum absolute atomic E-state index is 13.2. The molecule has 2 heterocycles. The average Bonchev–Trinajstić information content (AvgIpc) is 3.55. The van der Waals surface area contributed by atoms with Crippen molar-refractivity contribution in [1.82, 2.24) is 9.71 Å². The number of sulfonamides is 1. The number of nitrogens with one attached hydrogen (secondary N) is 2. The molecular formula is C27H29N3O5S. The normalized spacial score (nSPS) is 16.4. The van der Waals surface area contributed by atoms with E-state index in [2.05, 4.69) is 15.0 Å². The number of pyridine rings is 1. The van der Waals surface area contributed by atoms with Gasteiger partial charge >= 0.3 is 0 Å². The van der Waals surface area contributed by atoms with Crippen molar-refractivity contribution >= 4 is 21.7 Å². The molecule has 1 amide bonds. The molecule has 2 N–H and O–H groups in total. The van der Waals surface area contributed by atoms with E-state index in [0.29, 0.717) is 23.0 Å². The molecule has 2 aliphatic rings. The predicted molar refractivity (Wildman–Crippen MR) is 136 cm³/mol. The molecule has 1 fully saturated rings. The Morgan fingerprint density at radius 3 is 2.53 bits per heavy atom. The van der Waals surface area contributed by atoms with Gasteiger partial charge in [0, 0.05) is 11.6 Å². The van der Waals surface area contributed by atoms with E-state index in [-0.39, 0.29) is 23.6 Å². The van der Waals surface area contributed by atoms with Crippen LogP contribution in [0.25, 0.3) is 11.3 Å².